The van der Waals surface area contributed by atoms with Crippen molar-refractivity contribution in [2.24, 2.45) is 0 Å². The van der Waals surface area contributed by atoms with E-state index in [2.05, 4.69) is 120 Å². The molecule has 0 radical (unpaired) electrons. The molecule has 0 saturated heterocycles. The van der Waals surface area contributed by atoms with Crippen LogP contribution in [0.3, 0.4) is 0 Å². The number of pyridine rings is 2. The Balaban J connectivity index is 0.000000135. The van der Waals surface area contributed by atoms with Crippen LogP contribution >= 0.6 is 31.9 Å². The van der Waals surface area contributed by atoms with E-state index < -0.39 is 0 Å². The Hall–Kier alpha value is -6.66. The average Bonchev–Trinajstić information content (AvgIpc) is 3.73. The molecule has 3 unspecified atom stereocenters. The minimum absolute atomic E-state index is 0.0383. The Morgan fingerprint density at radius 1 is 0.577 bits per heavy atom. The fourth-order valence-corrected chi connectivity index (χ4v) is 9.25. The highest BCUT2D eigenvalue weighted by atomic mass is 79.9. The van der Waals surface area contributed by atoms with Crippen LogP contribution in [0.15, 0.2) is 127 Å². The lowest BCUT2D eigenvalue weighted by Gasteiger charge is -2.21. The van der Waals surface area contributed by atoms with Gasteiger partial charge in [0.1, 0.15) is 28.9 Å². The fourth-order valence-electron chi connectivity index (χ4n) is 8.55. The number of benzene rings is 3. The molecule has 0 fully saturated rings. The van der Waals surface area contributed by atoms with E-state index in [1.807, 2.05) is 94.1 Å². The van der Waals surface area contributed by atoms with Gasteiger partial charge in [-0.15, -0.1) is 6.42 Å². The van der Waals surface area contributed by atoms with E-state index in [-0.39, 0.29) is 16.7 Å². The first-order chi connectivity index (χ1) is 34.3. The van der Waals surface area contributed by atoms with Crippen molar-refractivity contribution in [3.05, 3.63) is 178 Å². The van der Waals surface area contributed by atoms with Crippen molar-refractivity contribution < 1.29 is 0 Å². The third-order valence-electron chi connectivity index (χ3n) is 12.9. The quantitative estimate of drug-likeness (QED) is 0.159. The Labute approximate surface area is 429 Å². The van der Waals surface area contributed by atoms with E-state index in [0.717, 1.165) is 87.6 Å². The standard InChI is InChI=1S/C21H20N4O.C14H16BrN3O.C13H14BrN3O.C7H5N/c1-15-14-25-20(10-12-24(15)2)23-19-13-16(7-9-18(19)21(25)26)6-8-17-5-3-4-11-22-17;1-9-8-18-13(5-6-17(9)2)16-12-7-10(15)3-4-11(12)14(18)19;1-8-7-17-12(4-5-15-8)16-11-6-9(14)2-3-10(11)13(17)18;1-2-7-5-3-4-6-8-7/h3-5,7,9,11,13,15H,10,12,14H2,1-2H3;3-4,7,9H,5-6,8H2,1-2H3;2-3,6,8,15H,4-5,7H2,1H3;1,3-6H. The molecule has 0 bridgehead atoms. The van der Waals surface area contributed by atoms with Crippen LogP contribution in [-0.2, 0) is 38.9 Å². The predicted octanol–water partition coefficient (Wildman–Crippen LogP) is 6.86. The molecule has 0 saturated carbocycles. The maximum atomic E-state index is 12.9. The number of nitrogens with zero attached hydrogens (tertiary/aromatic N) is 10. The third-order valence-corrected chi connectivity index (χ3v) is 13.9. The van der Waals surface area contributed by atoms with E-state index in [9.17, 15) is 14.4 Å². The lowest BCUT2D eigenvalue weighted by Crippen LogP contribution is -2.34. The van der Waals surface area contributed by atoms with Crippen LogP contribution in [-0.4, -0.2) is 100 Å². The highest BCUT2D eigenvalue weighted by Gasteiger charge is 2.22. The Bertz CT molecular complexity index is 3510. The molecule has 3 atom stereocenters. The van der Waals surface area contributed by atoms with Crippen molar-refractivity contribution in [1.82, 2.24) is 53.7 Å². The number of hydrogen-bond donors (Lipinski definition) is 1. The zero-order valence-electron chi connectivity index (χ0n) is 40.4. The summed E-state index contributed by atoms with van der Waals surface area (Å²) < 4.78 is 7.38. The molecular weight excluding hydrogens is 1020 g/mol. The number of aromatic nitrogens is 8. The number of nitrogens with one attached hydrogen (secondary N) is 1. The number of hydrogen-bond acceptors (Lipinski definition) is 11. The van der Waals surface area contributed by atoms with E-state index in [4.69, 9.17) is 11.4 Å². The minimum atomic E-state index is 0.0383. The minimum Gasteiger partial charge on any atom is -0.312 e. The molecule has 3 aromatic carbocycles. The fraction of sp³-hybridized carbons (Fsp3) is 0.309. The number of halogens is 2. The van der Waals surface area contributed by atoms with Crippen LogP contribution < -0.4 is 22.0 Å². The van der Waals surface area contributed by atoms with Crippen LogP contribution in [0.4, 0.5) is 0 Å². The summed E-state index contributed by atoms with van der Waals surface area (Å²) in [5.74, 6) is 11.2. The molecule has 1 N–H and O–H groups in total. The van der Waals surface area contributed by atoms with Crippen molar-refractivity contribution in [3.63, 3.8) is 0 Å². The molecule has 0 amide bonds. The zero-order valence-corrected chi connectivity index (χ0v) is 43.6. The smallest absolute Gasteiger partial charge is 0.261 e. The van der Waals surface area contributed by atoms with Gasteiger partial charge in [-0.2, -0.15) is 0 Å². The van der Waals surface area contributed by atoms with Gasteiger partial charge in [0.25, 0.3) is 16.7 Å². The largest absolute Gasteiger partial charge is 0.312 e. The van der Waals surface area contributed by atoms with E-state index >= 15 is 0 Å². The van der Waals surface area contributed by atoms with Gasteiger partial charge < -0.3 is 15.1 Å². The molecule has 71 heavy (non-hydrogen) atoms. The van der Waals surface area contributed by atoms with Crippen molar-refractivity contribution in [1.29, 1.82) is 0 Å². The summed E-state index contributed by atoms with van der Waals surface area (Å²) in [7, 11) is 4.19. The second-order valence-electron chi connectivity index (χ2n) is 18.0. The highest BCUT2D eigenvalue weighted by molar-refractivity contribution is 9.10. The van der Waals surface area contributed by atoms with E-state index in [1.54, 1.807) is 23.0 Å². The van der Waals surface area contributed by atoms with Crippen LogP contribution in [0.5, 0.6) is 0 Å². The molecular formula is C55H55Br2N11O3. The van der Waals surface area contributed by atoms with Crippen molar-refractivity contribution in [2.45, 2.75) is 77.8 Å². The molecule has 8 heterocycles. The maximum Gasteiger partial charge on any atom is 0.261 e. The van der Waals surface area contributed by atoms with Crippen LogP contribution in [0.25, 0.3) is 32.7 Å². The summed E-state index contributed by atoms with van der Waals surface area (Å²) >= 11 is 6.85. The molecule has 0 spiro atoms. The molecule has 5 aromatic heterocycles. The van der Waals surface area contributed by atoms with Gasteiger partial charge in [-0.25, -0.2) is 24.9 Å². The van der Waals surface area contributed by atoms with Crippen molar-refractivity contribution >= 4 is 64.6 Å². The summed E-state index contributed by atoms with van der Waals surface area (Å²) in [6, 6.07) is 29.0. The first-order valence-electron chi connectivity index (χ1n) is 23.6. The summed E-state index contributed by atoms with van der Waals surface area (Å²) in [5.41, 5.74) is 4.69. The third kappa shape index (κ3) is 12.3. The first kappa shape index (κ1) is 50.7. The van der Waals surface area contributed by atoms with Gasteiger partial charge in [-0.05, 0) is 120 Å². The van der Waals surface area contributed by atoms with Gasteiger partial charge in [-0.3, -0.25) is 28.1 Å². The van der Waals surface area contributed by atoms with Crippen molar-refractivity contribution in [2.75, 3.05) is 33.7 Å². The highest BCUT2D eigenvalue weighted by Crippen LogP contribution is 2.20. The van der Waals surface area contributed by atoms with Gasteiger partial charge in [0.05, 0.1) is 32.7 Å². The average molecular weight is 1080 g/mol. The zero-order chi connectivity index (χ0) is 50.2. The molecule has 0 aliphatic carbocycles. The molecule has 3 aliphatic heterocycles. The van der Waals surface area contributed by atoms with E-state index in [0.29, 0.717) is 65.1 Å². The Morgan fingerprint density at radius 3 is 1.52 bits per heavy atom. The number of terminal acetylenes is 1. The lowest BCUT2D eigenvalue weighted by atomic mass is 10.1. The number of fused-ring (bicyclic) bond motifs is 6. The number of rotatable bonds is 0. The first-order valence-corrected chi connectivity index (χ1v) is 25.2. The Kier molecular flexibility index (Phi) is 16.5. The molecule has 3 aliphatic rings. The van der Waals surface area contributed by atoms with Gasteiger partial charge in [0.2, 0.25) is 0 Å². The Morgan fingerprint density at radius 2 is 1.04 bits per heavy atom. The maximum absolute atomic E-state index is 12.9. The molecule has 11 rings (SSSR count). The van der Waals surface area contributed by atoms with Gasteiger partial charge >= 0.3 is 0 Å². The van der Waals surface area contributed by atoms with E-state index in [1.165, 1.54) is 0 Å². The number of likely N-dealkylation sites (N-methyl/N-ethyl adjacent to an activating group) is 2. The topological polar surface area (TPSA) is 149 Å². The van der Waals surface area contributed by atoms with Crippen molar-refractivity contribution in [3.8, 4) is 24.2 Å². The van der Waals surface area contributed by atoms with Crippen LogP contribution in [0.2, 0.25) is 0 Å². The molecule has 8 aromatic rings. The molecule has 14 nitrogen and oxygen atoms in total. The van der Waals surface area contributed by atoms with Gasteiger partial charge in [0.15, 0.2) is 0 Å². The summed E-state index contributed by atoms with van der Waals surface area (Å²) in [6.07, 6.45) is 10.8. The van der Waals surface area contributed by atoms with Crippen LogP contribution in [0, 0.1) is 24.2 Å². The predicted molar refractivity (Wildman–Crippen MR) is 289 cm³/mol. The normalized spacial score (nSPS) is 17.6. The van der Waals surface area contributed by atoms with Gasteiger partial charge in [0, 0.05) is 104 Å². The van der Waals surface area contributed by atoms with Gasteiger partial charge in [-0.1, -0.05) is 55.8 Å². The molecule has 16 heteroatoms. The van der Waals surface area contributed by atoms with Crippen LogP contribution in [0.1, 0.15) is 55.2 Å². The monoisotopic (exact) mass is 1080 g/mol. The summed E-state index contributed by atoms with van der Waals surface area (Å²) in [5, 5.41) is 5.41. The second-order valence-corrected chi connectivity index (χ2v) is 19.8. The summed E-state index contributed by atoms with van der Waals surface area (Å²) in [4.78, 5) is 64.6. The summed E-state index contributed by atoms with van der Waals surface area (Å²) in [6.45, 7) is 11.2. The lowest BCUT2D eigenvalue weighted by molar-refractivity contribution is 0.253. The SMILES string of the molecule is C#Cc1ccccn1.CC1Cn2c(nc3cc(Br)ccc3c2=O)CCN1.CC1Cn2c(nc3cc(Br)ccc3c2=O)CCN1C.CC1Cn2c(nc3cc(C#Cc4ccccn4)ccc3c2=O)CCN1C. The second kappa shape index (κ2) is 23.1. The molecule has 362 valence electrons.